The minimum Gasteiger partial charge on any atom is -0.435 e. The molecule has 0 atom stereocenters. The molecular weight excluding hydrogens is 370 g/mol. The minimum atomic E-state index is -2.82. The average molecular weight is 397 g/mol. The molecule has 7 heteroatoms. The summed E-state index contributed by atoms with van der Waals surface area (Å²) in [4.78, 5) is 16.9. The molecule has 0 saturated heterocycles. The average Bonchev–Trinajstić information content (AvgIpc) is 3.00. The van der Waals surface area contributed by atoms with Crippen LogP contribution < -0.4 is 10.1 Å². The van der Waals surface area contributed by atoms with Crippen LogP contribution in [-0.4, -0.2) is 36.5 Å². The lowest BCUT2D eigenvalue weighted by atomic mass is 10.1. The summed E-state index contributed by atoms with van der Waals surface area (Å²) in [7, 11) is 0. The number of thiophene rings is 1. The Morgan fingerprint density at radius 1 is 1.19 bits per heavy atom. The molecule has 0 fully saturated rings. The predicted molar refractivity (Wildman–Crippen MR) is 104 cm³/mol. The zero-order chi connectivity index (χ0) is 19.8. The van der Waals surface area contributed by atoms with Gasteiger partial charge in [-0.25, -0.2) is 0 Å². The van der Waals surface area contributed by atoms with Gasteiger partial charge in [0, 0.05) is 28.9 Å². The molecule has 148 valence electrons. The number of halogens is 2. The standard InChI is InChI=1S/C20H26F2N2O2S/c1-14(2)24(12-18-9-4-15(3)27-18)13-19(25)23-11-10-16-5-7-17(8-6-16)26-20(21)22/h4-9,14,20H,10-13H2,1-3H3,(H,23,25). The molecular formula is C20H26F2N2O2S. The van der Waals surface area contributed by atoms with E-state index in [1.54, 1.807) is 23.5 Å². The largest absolute Gasteiger partial charge is 0.435 e. The molecule has 1 N–H and O–H groups in total. The third-order valence-electron chi connectivity index (χ3n) is 4.12. The number of hydrogen-bond donors (Lipinski definition) is 1. The van der Waals surface area contributed by atoms with Gasteiger partial charge in [0.1, 0.15) is 5.75 Å². The lowest BCUT2D eigenvalue weighted by molar-refractivity contribution is -0.122. The second-order valence-corrected chi connectivity index (χ2v) is 8.01. The molecule has 2 aromatic rings. The molecule has 0 aliphatic heterocycles. The molecule has 0 bridgehead atoms. The van der Waals surface area contributed by atoms with E-state index < -0.39 is 6.61 Å². The molecule has 27 heavy (non-hydrogen) atoms. The van der Waals surface area contributed by atoms with Crippen LogP contribution in [0.15, 0.2) is 36.4 Å². The highest BCUT2D eigenvalue weighted by Gasteiger charge is 2.15. The van der Waals surface area contributed by atoms with Crippen LogP contribution in [0.1, 0.15) is 29.2 Å². The molecule has 0 aliphatic carbocycles. The van der Waals surface area contributed by atoms with Crippen molar-refractivity contribution in [1.29, 1.82) is 0 Å². The van der Waals surface area contributed by atoms with Gasteiger partial charge < -0.3 is 10.1 Å². The summed E-state index contributed by atoms with van der Waals surface area (Å²) >= 11 is 1.75. The van der Waals surface area contributed by atoms with E-state index in [0.717, 1.165) is 12.1 Å². The van der Waals surface area contributed by atoms with Crippen LogP contribution in [-0.2, 0) is 17.8 Å². The Bertz CT molecular complexity index is 717. The maximum Gasteiger partial charge on any atom is 0.387 e. The second-order valence-electron chi connectivity index (χ2n) is 6.63. The van der Waals surface area contributed by atoms with E-state index in [9.17, 15) is 13.6 Å². The molecule has 0 aliphatic rings. The van der Waals surface area contributed by atoms with Crippen LogP contribution in [0, 0.1) is 6.92 Å². The monoisotopic (exact) mass is 396 g/mol. The van der Waals surface area contributed by atoms with Crippen LogP contribution in [0.2, 0.25) is 0 Å². The molecule has 4 nitrogen and oxygen atoms in total. The number of nitrogens with one attached hydrogen (secondary N) is 1. The maximum atomic E-state index is 12.3. The Morgan fingerprint density at radius 3 is 2.44 bits per heavy atom. The van der Waals surface area contributed by atoms with Crippen molar-refractivity contribution in [2.45, 2.75) is 46.4 Å². The van der Waals surface area contributed by atoms with Crippen molar-refractivity contribution in [3.05, 3.63) is 51.7 Å². The number of hydrogen-bond acceptors (Lipinski definition) is 4. The zero-order valence-corrected chi connectivity index (χ0v) is 16.7. The normalized spacial score (nSPS) is 11.4. The summed E-state index contributed by atoms with van der Waals surface area (Å²) < 4.78 is 28.6. The molecule has 1 aromatic carbocycles. The number of carbonyl (C=O) groups excluding carboxylic acids is 1. The van der Waals surface area contributed by atoms with Gasteiger partial charge in [0.05, 0.1) is 6.54 Å². The highest BCUT2D eigenvalue weighted by Crippen LogP contribution is 2.18. The van der Waals surface area contributed by atoms with E-state index in [-0.39, 0.29) is 17.7 Å². The van der Waals surface area contributed by atoms with Crippen molar-refractivity contribution < 1.29 is 18.3 Å². The maximum absolute atomic E-state index is 12.3. The fourth-order valence-electron chi connectivity index (χ4n) is 2.62. The fraction of sp³-hybridized carbons (Fsp3) is 0.450. The highest BCUT2D eigenvalue weighted by atomic mass is 32.1. The first-order chi connectivity index (χ1) is 12.8. The van der Waals surface area contributed by atoms with Crippen molar-refractivity contribution in [1.82, 2.24) is 10.2 Å². The Hall–Kier alpha value is -1.99. The number of ether oxygens (including phenoxy) is 1. The third kappa shape index (κ3) is 7.64. The molecule has 1 aromatic heterocycles. The molecule has 0 unspecified atom stereocenters. The summed E-state index contributed by atoms with van der Waals surface area (Å²) in [6, 6.07) is 10.9. The smallest absolute Gasteiger partial charge is 0.387 e. The molecule has 0 radical (unpaired) electrons. The molecule has 1 amide bonds. The van der Waals surface area contributed by atoms with Crippen LogP contribution in [0.4, 0.5) is 8.78 Å². The van der Waals surface area contributed by atoms with Crippen LogP contribution in [0.25, 0.3) is 0 Å². The van der Waals surface area contributed by atoms with Crippen LogP contribution in [0.3, 0.4) is 0 Å². The van der Waals surface area contributed by atoms with Gasteiger partial charge in [0.2, 0.25) is 5.91 Å². The number of amides is 1. The Balaban J connectivity index is 1.76. The van der Waals surface area contributed by atoms with Gasteiger partial charge in [-0.15, -0.1) is 11.3 Å². The van der Waals surface area contributed by atoms with Gasteiger partial charge in [-0.05, 0) is 57.0 Å². The summed E-state index contributed by atoms with van der Waals surface area (Å²) in [5.41, 5.74) is 0.951. The first-order valence-electron chi connectivity index (χ1n) is 8.93. The Kier molecular flexibility index (Phi) is 8.19. The number of alkyl halides is 2. The van der Waals surface area contributed by atoms with Gasteiger partial charge in [-0.3, -0.25) is 9.69 Å². The van der Waals surface area contributed by atoms with Gasteiger partial charge in [0.15, 0.2) is 0 Å². The molecule has 0 saturated carbocycles. The molecule has 0 spiro atoms. The van der Waals surface area contributed by atoms with Crippen LogP contribution in [0.5, 0.6) is 5.75 Å². The van der Waals surface area contributed by atoms with Crippen molar-refractivity contribution in [3.63, 3.8) is 0 Å². The van der Waals surface area contributed by atoms with Crippen LogP contribution >= 0.6 is 11.3 Å². The van der Waals surface area contributed by atoms with Gasteiger partial charge in [-0.2, -0.15) is 8.78 Å². The van der Waals surface area contributed by atoms with E-state index in [4.69, 9.17) is 0 Å². The SMILES string of the molecule is Cc1ccc(CN(CC(=O)NCCc2ccc(OC(F)F)cc2)C(C)C)s1. The van der Waals surface area contributed by atoms with E-state index >= 15 is 0 Å². The predicted octanol–water partition coefficient (Wildman–Crippen LogP) is 4.23. The summed E-state index contributed by atoms with van der Waals surface area (Å²) in [6.07, 6.45) is 0.631. The lowest BCUT2D eigenvalue weighted by Gasteiger charge is -2.25. The Labute approximate surface area is 163 Å². The van der Waals surface area contributed by atoms with E-state index in [1.807, 2.05) is 0 Å². The fourth-order valence-corrected chi connectivity index (χ4v) is 3.53. The number of carbonyl (C=O) groups is 1. The highest BCUT2D eigenvalue weighted by molar-refractivity contribution is 7.11. The first kappa shape index (κ1) is 21.3. The van der Waals surface area contributed by atoms with Crippen molar-refractivity contribution in [3.8, 4) is 5.75 Å². The number of nitrogens with zero attached hydrogens (tertiary/aromatic N) is 1. The van der Waals surface area contributed by atoms with Crippen molar-refractivity contribution in [2.24, 2.45) is 0 Å². The third-order valence-corrected chi connectivity index (χ3v) is 5.10. The first-order valence-corrected chi connectivity index (χ1v) is 9.75. The topological polar surface area (TPSA) is 41.6 Å². The van der Waals surface area contributed by atoms with E-state index in [2.05, 4.69) is 47.9 Å². The quantitative estimate of drug-likeness (QED) is 0.654. The Morgan fingerprint density at radius 2 is 1.89 bits per heavy atom. The lowest BCUT2D eigenvalue weighted by Crippen LogP contribution is -2.40. The number of rotatable bonds is 10. The molecule has 1 heterocycles. The summed E-state index contributed by atoms with van der Waals surface area (Å²) in [5.74, 6) is 0.115. The van der Waals surface area contributed by atoms with E-state index in [0.29, 0.717) is 19.5 Å². The van der Waals surface area contributed by atoms with Crippen molar-refractivity contribution >= 4 is 17.2 Å². The second kappa shape index (κ2) is 10.4. The van der Waals surface area contributed by atoms with E-state index in [1.165, 1.54) is 21.9 Å². The van der Waals surface area contributed by atoms with Gasteiger partial charge in [-0.1, -0.05) is 12.1 Å². The summed E-state index contributed by atoms with van der Waals surface area (Å²) in [5, 5.41) is 2.93. The van der Waals surface area contributed by atoms with Gasteiger partial charge in [0.25, 0.3) is 0 Å². The number of aryl methyl sites for hydroxylation is 1. The summed E-state index contributed by atoms with van der Waals surface area (Å²) in [6.45, 7) is 5.01. The number of benzene rings is 1. The van der Waals surface area contributed by atoms with Gasteiger partial charge >= 0.3 is 6.61 Å². The van der Waals surface area contributed by atoms with Crippen molar-refractivity contribution in [2.75, 3.05) is 13.1 Å². The zero-order valence-electron chi connectivity index (χ0n) is 15.9. The minimum absolute atomic E-state index is 0.0189. The molecule has 2 rings (SSSR count).